The summed E-state index contributed by atoms with van der Waals surface area (Å²) >= 11 is -0.0227. The van der Waals surface area contributed by atoms with Gasteiger partial charge >= 0.3 is 101 Å². The Kier molecular flexibility index (Phi) is 5.23. The van der Waals surface area contributed by atoms with Crippen LogP contribution in [0, 0.1) is 0 Å². The Morgan fingerprint density at radius 2 is 1.94 bits per heavy atom. The molecule has 4 heteroatoms. The van der Waals surface area contributed by atoms with E-state index in [4.69, 9.17) is 0 Å². The summed E-state index contributed by atoms with van der Waals surface area (Å²) in [4.78, 5) is 22.5. The predicted octanol–water partition coefficient (Wildman–Crippen LogP) is 0.957. The van der Waals surface area contributed by atoms with Crippen LogP contribution in [-0.2, 0) is 14.3 Å². The molecule has 0 saturated carbocycles. The fourth-order valence-corrected chi connectivity index (χ4v) is 3.07. The number of esters is 1. The second kappa shape index (κ2) is 6.46. The Balaban J connectivity index is 2.55. The summed E-state index contributed by atoms with van der Waals surface area (Å²) in [6.45, 7) is 3.71. The van der Waals surface area contributed by atoms with Gasteiger partial charge in [-0.15, -0.1) is 0 Å². The van der Waals surface area contributed by atoms with E-state index in [9.17, 15) is 9.59 Å². The molecule has 0 fully saturated rings. The molecule has 1 aromatic carbocycles. The molecule has 0 aromatic heterocycles. The summed E-state index contributed by atoms with van der Waals surface area (Å²) in [5.41, 5.74) is 0. The Hall–Kier alpha value is -1.12. The van der Waals surface area contributed by atoms with Crippen molar-refractivity contribution >= 4 is 31.2 Å². The van der Waals surface area contributed by atoms with E-state index in [0.29, 0.717) is 0 Å². The summed E-state index contributed by atoms with van der Waals surface area (Å²) in [5.74, 6) is -1.14. The summed E-state index contributed by atoms with van der Waals surface area (Å²) in [5, 5.41) is 0. The van der Waals surface area contributed by atoms with Crippen molar-refractivity contribution in [3.8, 4) is 0 Å². The molecule has 1 atom stereocenters. The standard InChI is InChI=1S/C12H14O3Se/c1-3-15-12(14)11(13)9(2)16-10-7-5-4-6-8-10/h4-9H,3H2,1-2H3. The van der Waals surface area contributed by atoms with Crippen LogP contribution in [0.5, 0.6) is 0 Å². The third-order valence-electron chi connectivity index (χ3n) is 1.90. The third-order valence-corrected chi connectivity index (χ3v) is 4.23. The van der Waals surface area contributed by atoms with Crippen molar-refractivity contribution in [2.75, 3.05) is 6.61 Å². The zero-order valence-corrected chi connectivity index (χ0v) is 11.0. The maximum atomic E-state index is 11.6. The average molecular weight is 285 g/mol. The number of hydrogen-bond donors (Lipinski definition) is 0. The van der Waals surface area contributed by atoms with Gasteiger partial charge in [-0.05, 0) is 0 Å². The number of ether oxygens (including phenoxy) is 1. The summed E-state index contributed by atoms with van der Waals surface area (Å²) in [6.07, 6.45) is 0. The van der Waals surface area contributed by atoms with Gasteiger partial charge in [0.1, 0.15) is 0 Å². The average Bonchev–Trinajstić information content (AvgIpc) is 2.29. The molecular formula is C12H14O3Se. The van der Waals surface area contributed by atoms with Gasteiger partial charge < -0.3 is 0 Å². The molecule has 1 rings (SSSR count). The van der Waals surface area contributed by atoms with E-state index < -0.39 is 11.8 Å². The molecule has 1 unspecified atom stereocenters. The molecule has 0 aliphatic carbocycles. The van der Waals surface area contributed by atoms with Gasteiger partial charge in [0.15, 0.2) is 0 Å². The van der Waals surface area contributed by atoms with Crippen LogP contribution in [0.4, 0.5) is 0 Å². The van der Waals surface area contributed by atoms with E-state index in [2.05, 4.69) is 4.74 Å². The minimum absolute atomic E-state index is 0.0227. The Labute approximate surface area is 101 Å². The molecule has 0 radical (unpaired) electrons. The second-order valence-electron chi connectivity index (χ2n) is 3.16. The Morgan fingerprint density at radius 3 is 2.50 bits per heavy atom. The number of Topliss-reactive ketones (excluding diaryl/α,β-unsaturated/α-hetero) is 1. The van der Waals surface area contributed by atoms with Gasteiger partial charge in [-0.1, -0.05) is 0 Å². The van der Waals surface area contributed by atoms with Crippen LogP contribution in [0.3, 0.4) is 0 Å². The fourth-order valence-electron chi connectivity index (χ4n) is 1.12. The molecule has 0 aliphatic rings. The van der Waals surface area contributed by atoms with E-state index in [1.807, 2.05) is 30.3 Å². The Morgan fingerprint density at radius 1 is 1.31 bits per heavy atom. The normalized spacial score (nSPS) is 11.9. The quantitative estimate of drug-likeness (QED) is 0.460. The summed E-state index contributed by atoms with van der Waals surface area (Å²) < 4.78 is 5.80. The zero-order valence-electron chi connectivity index (χ0n) is 9.30. The van der Waals surface area contributed by atoms with Gasteiger partial charge in [0.25, 0.3) is 0 Å². The summed E-state index contributed by atoms with van der Waals surface area (Å²) in [6, 6.07) is 9.72. The molecule has 86 valence electrons. The number of carbonyl (C=O) groups is 2. The van der Waals surface area contributed by atoms with E-state index in [-0.39, 0.29) is 26.4 Å². The van der Waals surface area contributed by atoms with Crippen molar-refractivity contribution in [3.05, 3.63) is 30.3 Å². The molecule has 0 heterocycles. The second-order valence-corrected chi connectivity index (χ2v) is 6.12. The zero-order chi connectivity index (χ0) is 12.0. The minimum atomic E-state index is -0.715. The van der Waals surface area contributed by atoms with Crippen molar-refractivity contribution < 1.29 is 14.3 Å². The number of hydrogen-bond acceptors (Lipinski definition) is 3. The van der Waals surface area contributed by atoms with Gasteiger partial charge in [-0.25, -0.2) is 0 Å². The van der Waals surface area contributed by atoms with E-state index in [1.165, 1.54) is 0 Å². The molecule has 0 spiro atoms. The van der Waals surface area contributed by atoms with E-state index in [1.54, 1.807) is 13.8 Å². The molecule has 0 amide bonds. The molecule has 3 nitrogen and oxygen atoms in total. The van der Waals surface area contributed by atoms with Crippen LogP contribution >= 0.6 is 0 Å². The van der Waals surface area contributed by atoms with Crippen LogP contribution in [0.2, 0.25) is 4.82 Å². The van der Waals surface area contributed by atoms with Crippen molar-refractivity contribution in [3.63, 3.8) is 0 Å². The van der Waals surface area contributed by atoms with E-state index >= 15 is 0 Å². The first-order valence-corrected chi connectivity index (χ1v) is 6.92. The maximum absolute atomic E-state index is 11.6. The molecule has 16 heavy (non-hydrogen) atoms. The SMILES string of the molecule is CCOC(=O)C(=O)C(C)[Se]c1ccccc1. The van der Waals surface area contributed by atoms with Crippen LogP contribution in [0.1, 0.15) is 13.8 Å². The molecule has 0 saturated heterocycles. The van der Waals surface area contributed by atoms with Crippen LogP contribution in [0.15, 0.2) is 30.3 Å². The molecular weight excluding hydrogens is 271 g/mol. The van der Waals surface area contributed by atoms with E-state index in [0.717, 1.165) is 4.46 Å². The molecule has 0 N–H and O–H groups in total. The topological polar surface area (TPSA) is 43.4 Å². The third kappa shape index (κ3) is 3.80. The predicted molar refractivity (Wildman–Crippen MR) is 62.9 cm³/mol. The molecule has 0 aliphatic heterocycles. The summed E-state index contributed by atoms with van der Waals surface area (Å²) in [7, 11) is 0. The number of rotatable bonds is 5. The van der Waals surface area contributed by atoms with Crippen LogP contribution < -0.4 is 4.46 Å². The molecule has 1 aromatic rings. The number of benzene rings is 1. The fraction of sp³-hybridized carbons (Fsp3) is 0.333. The molecule has 0 bridgehead atoms. The van der Waals surface area contributed by atoms with Gasteiger partial charge in [-0.3, -0.25) is 0 Å². The van der Waals surface area contributed by atoms with Crippen LogP contribution in [-0.4, -0.2) is 33.3 Å². The first kappa shape index (κ1) is 12.9. The van der Waals surface area contributed by atoms with Crippen LogP contribution in [0.25, 0.3) is 0 Å². The van der Waals surface area contributed by atoms with Gasteiger partial charge in [0, 0.05) is 0 Å². The number of carbonyl (C=O) groups excluding carboxylic acids is 2. The van der Waals surface area contributed by atoms with Crippen molar-refractivity contribution in [2.45, 2.75) is 18.7 Å². The monoisotopic (exact) mass is 286 g/mol. The first-order valence-electron chi connectivity index (χ1n) is 5.07. The first-order chi connectivity index (χ1) is 7.65. The van der Waals surface area contributed by atoms with Gasteiger partial charge in [0.2, 0.25) is 0 Å². The van der Waals surface area contributed by atoms with Crippen molar-refractivity contribution in [2.24, 2.45) is 0 Å². The number of ketones is 1. The van der Waals surface area contributed by atoms with Gasteiger partial charge in [0.05, 0.1) is 0 Å². The van der Waals surface area contributed by atoms with Gasteiger partial charge in [-0.2, -0.15) is 0 Å². The van der Waals surface area contributed by atoms with Crippen molar-refractivity contribution in [1.29, 1.82) is 0 Å². The van der Waals surface area contributed by atoms with Crippen molar-refractivity contribution in [1.82, 2.24) is 0 Å². The Bertz CT molecular complexity index is 362.